The first-order chi connectivity index (χ1) is 11.1. The summed E-state index contributed by atoms with van der Waals surface area (Å²) in [6.45, 7) is 2.41. The zero-order valence-electron chi connectivity index (χ0n) is 12.9. The molecule has 0 bridgehead atoms. The van der Waals surface area contributed by atoms with Crippen molar-refractivity contribution in [3.05, 3.63) is 42.0 Å². The number of amides is 2. The average Bonchev–Trinajstić information content (AvgIpc) is 2.95. The van der Waals surface area contributed by atoms with Crippen LogP contribution >= 0.6 is 0 Å². The molecule has 1 saturated heterocycles. The maximum atomic E-state index is 12.6. The average molecular weight is 314 g/mol. The minimum Gasteiger partial charge on any atom is -0.361 e. The molecule has 2 aromatic heterocycles. The number of nitrogens with one attached hydrogen (secondary N) is 1. The molecule has 2 amide bonds. The summed E-state index contributed by atoms with van der Waals surface area (Å²) in [5, 5.41) is 6.58. The van der Waals surface area contributed by atoms with Gasteiger partial charge in [-0.25, -0.2) is 0 Å². The first-order valence-electron chi connectivity index (χ1n) is 7.56. The molecule has 3 rings (SSSR count). The summed E-state index contributed by atoms with van der Waals surface area (Å²) in [5.74, 6) is 0.322. The van der Waals surface area contributed by atoms with Crippen LogP contribution in [0, 0.1) is 6.92 Å². The number of pyridine rings is 1. The lowest BCUT2D eigenvalue weighted by Gasteiger charge is -2.32. The van der Waals surface area contributed by atoms with Crippen molar-refractivity contribution in [1.29, 1.82) is 0 Å². The van der Waals surface area contributed by atoms with Gasteiger partial charge in [-0.2, -0.15) is 0 Å². The third-order valence-electron chi connectivity index (χ3n) is 3.75. The third-order valence-corrected chi connectivity index (χ3v) is 3.75. The molecule has 1 fully saturated rings. The van der Waals surface area contributed by atoms with Crippen LogP contribution in [0.4, 0.5) is 5.69 Å². The van der Waals surface area contributed by atoms with Gasteiger partial charge in [-0.15, -0.1) is 0 Å². The maximum absolute atomic E-state index is 12.6. The Bertz CT molecular complexity index is 698. The van der Waals surface area contributed by atoms with E-state index in [0.29, 0.717) is 24.4 Å². The fraction of sp³-hybridized carbons (Fsp3) is 0.375. The molecule has 1 atom stereocenters. The summed E-state index contributed by atoms with van der Waals surface area (Å²) in [7, 11) is 0. The molecule has 0 radical (unpaired) electrons. The molecule has 0 aliphatic carbocycles. The van der Waals surface area contributed by atoms with Crippen LogP contribution in [-0.2, 0) is 16.0 Å². The van der Waals surface area contributed by atoms with E-state index in [1.165, 1.54) is 0 Å². The second kappa shape index (κ2) is 6.60. The van der Waals surface area contributed by atoms with E-state index < -0.39 is 6.04 Å². The lowest BCUT2D eigenvalue weighted by molar-refractivity contribution is -0.128. The van der Waals surface area contributed by atoms with E-state index in [0.717, 1.165) is 12.1 Å². The second-order valence-corrected chi connectivity index (χ2v) is 5.57. The Morgan fingerprint density at radius 2 is 2.39 bits per heavy atom. The minimum atomic E-state index is -0.510. The van der Waals surface area contributed by atoms with Crippen molar-refractivity contribution in [3.8, 4) is 0 Å². The van der Waals surface area contributed by atoms with Crippen molar-refractivity contribution in [3.63, 3.8) is 0 Å². The van der Waals surface area contributed by atoms with Gasteiger partial charge < -0.3 is 14.7 Å². The van der Waals surface area contributed by atoms with Gasteiger partial charge in [0.1, 0.15) is 11.8 Å². The van der Waals surface area contributed by atoms with E-state index in [9.17, 15) is 9.59 Å². The van der Waals surface area contributed by atoms with E-state index in [-0.39, 0.29) is 18.2 Å². The number of aryl methyl sites for hydroxylation is 1. The van der Waals surface area contributed by atoms with Crippen LogP contribution in [0.25, 0.3) is 0 Å². The number of piperidine rings is 1. The Kier molecular flexibility index (Phi) is 4.36. The molecule has 3 heterocycles. The smallest absolute Gasteiger partial charge is 0.249 e. The number of hydrogen-bond acceptors (Lipinski definition) is 5. The molecule has 7 heteroatoms. The number of hydrogen-bond donors (Lipinski definition) is 1. The normalized spacial score (nSPS) is 18.0. The molecule has 2 aromatic rings. The quantitative estimate of drug-likeness (QED) is 0.917. The molecule has 0 aromatic carbocycles. The highest BCUT2D eigenvalue weighted by molar-refractivity contribution is 5.99. The van der Waals surface area contributed by atoms with Crippen molar-refractivity contribution < 1.29 is 14.1 Å². The van der Waals surface area contributed by atoms with Crippen LogP contribution in [0.15, 0.2) is 35.1 Å². The predicted octanol–water partition coefficient (Wildman–Crippen LogP) is 1.23. The summed E-state index contributed by atoms with van der Waals surface area (Å²) < 4.78 is 4.94. The predicted molar refractivity (Wildman–Crippen MR) is 82.7 cm³/mol. The van der Waals surface area contributed by atoms with Crippen LogP contribution in [-0.4, -0.2) is 34.5 Å². The van der Waals surface area contributed by atoms with E-state index in [2.05, 4.69) is 15.5 Å². The Balaban J connectivity index is 1.63. The van der Waals surface area contributed by atoms with E-state index in [1.54, 1.807) is 36.4 Å². The summed E-state index contributed by atoms with van der Waals surface area (Å²) in [6.07, 6.45) is 4.89. The molecule has 1 aliphatic heterocycles. The highest BCUT2D eigenvalue weighted by Gasteiger charge is 2.30. The van der Waals surface area contributed by atoms with Crippen molar-refractivity contribution in [1.82, 2.24) is 15.5 Å². The topological polar surface area (TPSA) is 88.3 Å². The second-order valence-electron chi connectivity index (χ2n) is 5.57. The minimum absolute atomic E-state index is 0.103. The van der Waals surface area contributed by atoms with E-state index in [4.69, 9.17) is 4.52 Å². The van der Waals surface area contributed by atoms with Crippen LogP contribution in [0.2, 0.25) is 0 Å². The van der Waals surface area contributed by atoms with E-state index >= 15 is 0 Å². The van der Waals surface area contributed by atoms with Gasteiger partial charge in [-0.05, 0) is 31.9 Å². The van der Waals surface area contributed by atoms with Gasteiger partial charge in [-0.1, -0.05) is 5.16 Å². The van der Waals surface area contributed by atoms with Gasteiger partial charge in [0.25, 0.3) is 0 Å². The van der Waals surface area contributed by atoms with Gasteiger partial charge in [0, 0.05) is 18.8 Å². The molecule has 1 unspecified atom stereocenters. The summed E-state index contributed by atoms with van der Waals surface area (Å²) in [4.78, 5) is 30.4. The zero-order valence-corrected chi connectivity index (χ0v) is 12.9. The van der Waals surface area contributed by atoms with Gasteiger partial charge in [0.15, 0.2) is 0 Å². The fourth-order valence-corrected chi connectivity index (χ4v) is 2.69. The van der Waals surface area contributed by atoms with Gasteiger partial charge in [-0.3, -0.25) is 14.6 Å². The molecule has 23 heavy (non-hydrogen) atoms. The number of carbonyl (C=O) groups is 2. The fourth-order valence-electron chi connectivity index (χ4n) is 2.69. The molecular weight excluding hydrogens is 296 g/mol. The van der Waals surface area contributed by atoms with Crippen LogP contribution in [0.1, 0.15) is 24.3 Å². The largest absolute Gasteiger partial charge is 0.361 e. The maximum Gasteiger partial charge on any atom is 0.249 e. The Hall–Kier alpha value is -2.70. The Morgan fingerprint density at radius 1 is 1.52 bits per heavy atom. The Morgan fingerprint density at radius 3 is 3.09 bits per heavy atom. The van der Waals surface area contributed by atoms with Crippen molar-refractivity contribution in [2.24, 2.45) is 0 Å². The highest BCUT2D eigenvalue weighted by Crippen LogP contribution is 2.20. The number of carbonyl (C=O) groups excluding carboxylic acids is 2. The van der Waals surface area contributed by atoms with Crippen LogP contribution in [0.5, 0.6) is 0 Å². The number of anilines is 1. The Labute approximate surface area is 133 Å². The molecule has 7 nitrogen and oxygen atoms in total. The third kappa shape index (κ3) is 3.56. The molecule has 1 aliphatic rings. The first kappa shape index (κ1) is 15.2. The monoisotopic (exact) mass is 314 g/mol. The molecule has 0 saturated carbocycles. The number of aromatic nitrogens is 2. The van der Waals surface area contributed by atoms with E-state index in [1.807, 2.05) is 6.07 Å². The first-order valence-corrected chi connectivity index (χ1v) is 7.56. The zero-order chi connectivity index (χ0) is 16.2. The summed E-state index contributed by atoms with van der Waals surface area (Å²) in [6, 6.07) is 4.83. The van der Waals surface area contributed by atoms with Crippen molar-refractivity contribution in [2.45, 2.75) is 32.2 Å². The van der Waals surface area contributed by atoms with Crippen molar-refractivity contribution in [2.75, 3.05) is 11.4 Å². The highest BCUT2D eigenvalue weighted by atomic mass is 16.5. The standard InChI is InChI=1S/C16H18N4O3/c1-11-8-12(19-23-11)9-15(21)18-14-5-3-7-20(16(14)22)13-4-2-6-17-10-13/h2,4,6,8,10,14H,3,5,7,9H2,1H3,(H,18,21). The van der Waals surface area contributed by atoms with Gasteiger partial charge in [0.2, 0.25) is 11.8 Å². The molecular formula is C16H18N4O3. The number of nitrogens with zero attached hydrogens (tertiary/aromatic N) is 3. The summed E-state index contributed by atoms with van der Waals surface area (Å²) in [5.41, 5.74) is 1.32. The van der Waals surface area contributed by atoms with Crippen LogP contribution in [0.3, 0.4) is 0 Å². The SMILES string of the molecule is Cc1cc(CC(=O)NC2CCCN(c3cccnc3)C2=O)no1. The molecule has 1 N–H and O–H groups in total. The number of rotatable bonds is 4. The lowest BCUT2D eigenvalue weighted by atomic mass is 10.0. The van der Waals surface area contributed by atoms with Gasteiger partial charge >= 0.3 is 0 Å². The van der Waals surface area contributed by atoms with Gasteiger partial charge in [0.05, 0.1) is 24.0 Å². The van der Waals surface area contributed by atoms with Crippen molar-refractivity contribution >= 4 is 17.5 Å². The molecule has 120 valence electrons. The summed E-state index contributed by atoms with van der Waals surface area (Å²) >= 11 is 0. The molecule has 0 spiro atoms. The van der Waals surface area contributed by atoms with Crippen LogP contribution < -0.4 is 10.2 Å². The lowest BCUT2D eigenvalue weighted by Crippen LogP contribution is -2.52.